The molecule has 2 atom stereocenters. The first kappa shape index (κ1) is 17.0. The van der Waals surface area contributed by atoms with Gasteiger partial charge in [0.15, 0.2) is 15.0 Å². The maximum Gasteiger partial charge on any atom is 0.262 e. The van der Waals surface area contributed by atoms with Gasteiger partial charge < -0.3 is 4.90 Å². The van der Waals surface area contributed by atoms with Crippen LogP contribution in [0.15, 0.2) is 23.2 Å². The molecule has 3 rings (SSSR count). The smallest absolute Gasteiger partial charge is 0.262 e. The minimum absolute atomic E-state index is 0.0586. The summed E-state index contributed by atoms with van der Waals surface area (Å²) in [5.41, 5.74) is 2.96. The van der Waals surface area contributed by atoms with Crippen molar-refractivity contribution in [3.05, 3.63) is 29.3 Å². The Balaban J connectivity index is 2.04. The van der Waals surface area contributed by atoms with Crippen molar-refractivity contribution in [3.8, 4) is 6.07 Å². The second-order valence-corrected chi connectivity index (χ2v) is 9.50. The first-order chi connectivity index (χ1) is 11.3. The summed E-state index contributed by atoms with van der Waals surface area (Å²) in [5.74, 6) is -0.352. The molecule has 0 aromatic heterocycles. The zero-order valence-corrected chi connectivity index (χ0v) is 15.0. The van der Waals surface area contributed by atoms with E-state index >= 15 is 0 Å². The van der Waals surface area contributed by atoms with E-state index < -0.39 is 15.7 Å². The number of rotatable bonds is 2. The zero-order chi connectivity index (χ0) is 17.5. The quantitative estimate of drug-likeness (QED) is 0.796. The summed E-state index contributed by atoms with van der Waals surface area (Å²) in [6, 6.07) is 7.53. The van der Waals surface area contributed by atoms with Crippen molar-refractivity contribution < 1.29 is 13.2 Å². The molecule has 0 aliphatic carbocycles. The summed E-state index contributed by atoms with van der Waals surface area (Å²) < 4.78 is 24.0. The fourth-order valence-electron chi connectivity index (χ4n) is 3.17. The molecular weight excluding hydrogens is 346 g/mol. The molecule has 0 bridgehead atoms. The number of thioether (sulfide) groups is 1. The zero-order valence-electron chi connectivity index (χ0n) is 13.4. The second kappa shape index (κ2) is 6.22. The summed E-state index contributed by atoms with van der Waals surface area (Å²) in [6.07, 6.45) is -0.279. The number of carbonyl (C=O) groups is 1. The van der Waals surface area contributed by atoms with Crippen LogP contribution in [0.3, 0.4) is 0 Å². The Morgan fingerprint density at radius 3 is 2.62 bits per heavy atom. The van der Waals surface area contributed by atoms with Crippen LogP contribution in [0, 0.1) is 25.2 Å². The number of amidine groups is 1. The Morgan fingerprint density at radius 1 is 1.33 bits per heavy atom. The Hall–Kier alpha value is -1.85. The highest BCUT2D eigenvalue weighted by molar-refractivity contribution is 8.16. The van der Waals surface area contributed by atoms with Crippen molar-refractivity contribution in [2.45, 2.75) is 31.6 Å². The lowest BCUT2D eigenvalue weighted by Gasteiger charge is -2.25. The van der Waals surface area contributed by atoms with E-state index in [-0.39, 0.29) is 29.2 Å². The van der Waals surface area contributed by atoms with Crippen LogP contribution in [0.2, 0.25) is 0 Å². The van der Waals surface area contributed by atoms with Crippen LogP contribution in [0.25, 0.3) is 0 Å². The maximum atomic E-state index is 12.0. The first-order valence-electron chi connectivity index (χ1n) is 7.52. The van der Waals surface area contributed by atoms with Gasteiger partial charge in [0, 0.05) is 10.9 Å². The van der Waals surface area contributed by atoms with Crippen LogP contribution in [-0.4, -0.2) is 42.3 Å². The molecule has 126 valence electrons. The molecule has 1 aromatic rings. The van der Waals surface area contributed by atoms with Gasteiger partial charge in [-0.1, -0.05) is 17.8 Å². The molecule has 2 aliphatic rings. The number of sulfone groups is 1. The van der Waals surface area contributed by atoms with Crippen molar-refractivity contribution in [1.29, 1.82) is 5.26 Å². The number of hydrogen-bond donors (Lipinski definition) is 0. The number of aliphatic imine (C=N–C) groups is 1. The van der Waals surface area contributed by atoms with Crippen molar-refractivity contribution in [2.24, 2.45) is 4.99 Å². The molecule has 24 heavy (non-hydrogen) atoms. The van der Waals surface area contributed by atoms with Gasteiger partial charge in [0.2, 0.25) is 0 Å². The van der Waals surface area contributed by atoms with E-state index in [9.17, 15) is 13.2 Å². The largest absolute Gasteiger partial charge is 0.316 e. The van der Waals surface area contributed by atoms with Crippen molar-refractivity contribution in [2.75, 3.05) is 16.4 Å². The predicted molar refractivity (Wildman–Crippen MR) is 94.9 cm³/mol. The van der Waals surface area contributed by atoms with Crippen molar-refractivity contribution in [3.63, 3.8) is 0 Å². The molecule has 0 saturated carbocycles. The molecular formula is C16H17N3O3S2. The Morgan fingerprint density at radius 2 is 2.00 bits per heavy atom. The monoisotopic (exact) mass is 363 g/mol. The average Bonchev–Trinajstić information content (AvgIpc) is 2.88. The van der Waals surface area contributed by atoms with Crippen LogP contribution in [0.1, 0.15) is 17.5 Å². The number of aryl methyl sites for hydroxylation is 2. The van der Waals surface area contributed by atoms with Gasteiger partial charge in [0.25, 0.3) is 5.91 Å². The van der Waals surface area contributed by atoms with Crippen LogP contribution in [-0.2, 0) is 14.6 Å². The molecule has 6 nitrogen and oxygen atoms in total. The molecule has 2 fully saturated rings. The predicted octanol–water partition coefficient (Wildman–Crippen LogP) is 1.82. The Kier molecular flexibility index (Phi) is 4.40. The van der Waals surface area contributed by atoms with E-state index in [1.165, 1.54) is 11.8 Å². The fraction of sp³-hybridized carbons (Fsp3) is 0.438. The van der Waals surface area contributed by atoms with Crippen molar-refractivity contribution in [1.82, 2.24) is 0 Å². The molecule has 0 N–H and O–H groups in total. The Labute approximate surface area is 145 Å². The van der Waals surface area contributed by atoms with E-state index in [1.54, 1.807) is 6.07 Å². The standard InChI is InChI=1S/C16H17N3O3S2/c1-10-5-11(2)7-12(6-10)19-13-8-24(21,22)9-14(13)23-16(19)18-15(20)3-4-17/h5-7,13-14H,3,8-9H2,1-2H3/t13-,14+/m0/s1. The van der Waals surface area contributed by atoms with Crippen molar-refractivity contribution >= 4 is 38.4 Å². The van der Waals surface area contributed by atoms with Gasteiger partial charge in [-0.25, -0.2) is 8.42 Å². The van der Waals surface area contributed by atoms with E-state index in [2.05, 4.69) is 4.99 Å². The molecule has 2 aliphatic heterocycles. The SMILES string of the molecule is Cc1cc(C)cc(N2C(=NC(=O)CC#N)S[C@@H]3CS(=O)(=O)C[C@@H]32)c1. The van der Waals surface area contributed by atoms with Gasteiger partial charge in [0.05, 0.1) is 23.6 Å². The van der Waals surface area contributed by atoms with Crippen LogP contribution in [0.5, 0.6) is 0 Å². The maximum absolute atomic E-state index is 12.0. The van der Waals surface area contributed by atoms with Gasteiger partial charge in [-0.2, -0.15) is 10.3 Å². The number of nitriles is 1. The number of hydrogen-bond acceptors (Lipinski definition) is 5. The summed E-state index contributed by atoms with van der Waals surface area (Å²) in [5, 5.41) is 9.01. The minimum Gasteiger partial charge on any atom is -0.316 e. The Bertz CT molecular complexity index is 851. The lowest BCUT2D eigenvalue weighted by atomic mass is 10.1. The third-order valence-electron chi connectivity index (χ3n) is 4.00. The highest BCUT2D eigenvalue weighted by atomic mass is 32.2. The average molecular weight is 363 g/mol. The number of anilines is 1. The number of fused-ring (bicyclic) bond motifs is 1. The highest BCUT2D eigenvalue weighted by Gasteiger charge is 2.49. The van der Waals surface area contributed by atoms with Crippen LogP contribution >= 0.6 is 11.8 Å². The normalized spacial score (nSPS) is 26.4. The van der Waals surface area contributed by atoms with E-state index in [1.807, 2.05) is 36.9 Å². The third-order valence-corrected chi connectivity index (χ3v) is 7.21. The van der Waals surface area contributed by atoms with Gasteiger partial charge in [-0.3, -0.25) is 4.79 Å². The summed E-state index contributed by atoms with van der Waals surface area (Å²) >= 11 is 1.32. The fourth-order valence-corrected chi connectivity index (χ4v) is 7.10. The molecule has 8 heteroatoms. The summed E-state index contributed by atoms with van der Waals surface area (Å²) in [7, 11) is -3.08. The van der Waals surface area contributed by atoms with Gasteiger partial charge in [-0.15, -0.1) is 0 Å². The minimum atomic E-state index is -3.08. The lowest BCUT2D eigenvalue weighted by molar-refractivity contribution is -0.116. The third kappa shape index (κ3) is 3.32. The van der Waals surface area contributed by atoms with E-state index in [0.717, 1.165) is 16.8 Å². The number of carbonyl (C=O) groups excluding carboxylic acids is 1. The molecule has 1 aromatic carbocycles. The topological polar surface area (TPSA) is 90.6 Å². The first-order valence-corrected chi connectivity index (χ1v) is 10.2. The van der Waals surface area contributed by atoms with E-state index in [0.29, 0.717) is 5.17 Å². The van der Waals surface area contributed by atoms with Gasteiger partial charge in [-0.05, 0) is 37.1 Å². The van der Waals surface area contributed by atoms with E-state index in [4.69, 9.17) is 5.26 Å². The number of nitrogens with zero attached hydrogens (tertiary/aromatic N) is 3. The van der Waals surface area contributed by atoms with Crippen LogP contribution in [0.4, 0.5) is 5.69 Å². The second-order valence-electron chi connectivity index (χ2n) is 6.14. The molecule has 0 unspecified atom stereocenters. The summed E-state index contributed by atoms with van der Waals surface area (Å²) in [4.78, 5) is 17.7. The molecule has 2 saturated heterocycles. The number of benzene rings is 1. The highest BCUT2D eigenvalue weighted by Crippen LogP contribution is 2.41. The molecule has 1 amide bonds. The summed E-state index contributed by atoms with van der Waals surface area (Å²) in [6.45, 7) is 3.94. The lowest BCUT2D eigenvalue weighted by Crippen LogP contribution is -2.37. The van der Waals surface area contributed by atoms with Gasteiger partial charge in [0.1, 0.15) is 6.42 Å². The number of amides is 1. The van der Waals surface area contributed by atoms with Gasteiger partial charge >= 0.3 is 0 Å². The molecule has 2 heterocycles. The molecule has 0 radical (unpaired) electrons. The van der Waals surface area contributed by atoms with Crippen LogP contribution < -0.4 is 4.90 Å². The molecule has 0 spiro atoms.